The van der Waals surface area contributed by atoms with E-state index >= 15 is 0 Å². The molecule has 2 aromatic carbocycles. The minimum absolute atomic E-state index is 0.239. The zero-order valence-electron chi connectivity index (χ0n) is 22.5. The Morgan fingerprint density at radius 3 is 1.56 bits per heavy atom. The fraction of sp³-hybridized carbons (Fsp3) is 0. The maximum atomic E-state index is 14.0. The molecule has 6 heterocycles. The van der Waals surface area contributed by atoms with E-state index in [-0.39, 0.29) is 5.82 Å². The third-order valence-corrected chi connectivity index (χ3v) is 7.31. The SMILES string of the molecule is Fc1ccc(-c2cnc3[nH]cc(-c4cc[nH]c4)c3c2)c(F)c1.Fc1ccccc1-c1cnc2[nH]cc(-c3cc[nH]c3)c2c1. The number of aromatic amines is 4. The first-order valence-electron chi connectivity index (χ1n) is 13.5. The van der Waals surface area contributed by atoms with E-state index in [4.69, 9.17) is 0 Å². The van der Waals surface area contributed by atoms with Crippen molar-refractivity contribution in [2.45, 2.75) is 0 Å². The summed E-state index contributed by atoms with van der Waals surface area (Å²) in [7, 11) is 0. The Balaban J connectivity index is 0.000000140. The Bertz CT molecular complexity index is 2180. The molecule has 0 aliphatic carbocycles. The van der Waals surface area contributed by atoms with Gasteiger partial charge in [0.2, 0.25) is 0 Å². The van der Waals surface area contributed by atoms with E-state index in [2.05, 4.69) is 29.9 Å². The molecule has 8 aromatic rings. The van der Waals surface area contributed by atoms with Crippen LogP contribution in [-0.2, 0) is 0 Å². The first kappa shape index (κ1) is 26.1. The summed E-state index contributed by atoms with van der Waals surface area (Å²) < 4.78 is 40.9. The van der Waals surface area contributed by atoms with Gasteiger partial charge in [0.15, 0.2) is 0 Å². The van der Waals surface area contributed by atoms with Crippen molar-refractivity contribution in [2.75, 3.05) is 0 Å². The van der Waals surface area contributed by atoms with Gasteiger partial charge in [0, 0.05) is 111 Å². The molecule has 0 radical (unpaired) electrons. The number of benzene rings is 2. The number of fused-ring (bicyclic) bond motifs is 2. The summed E-state index contributed by atoms with van der Waals surface area (Å²) in [5.41, 5.74) is 7.93. The van der Waals surface area contributed by atoms with Crippen molar-refractivity contribution < 1.29 is 13.2 Å². The predicted octanol–water partition coefficient (Wildman–Crippen LogP) is 8.87. The molecule has 0 unspecified atom stereocenters. The van der Waals surface area contributed by atoms with Crippen LogP contribution in [0.25, 0.3) is 66.6 Å². The van der Waals surface area contributed by atoms with Crippen LogP contribution in [0.3, 0.4) is 0 Å². The molecule has 9 heteroatoms. The number of pyridine rings is 2. The van der Waals surface area contributed by atoms with Gasteiger partial charge in [-0.1, -0.05) is 18.2 Å². The standard InChI is InChI=1S/C17H11F2N3.C17H12FN3/c18-12-1-2-13(16(19)6-12)11-5-14-15(10-3-4-20-7-10)9-22-17(14)21-8-11;18-16-4-2-1-3-13(16)12-7-14-15(11-5-6-19-8-11)10-21-17(14)20-9-12/h1-9,20H,(H,21,22);1-10,19H,(H,20,21). The highest BCUT2D eigenvalue weighted by molar-refractivity contribution is 5.96. The Hall–Kier alpha value is -5.83. The number of rotatable bonds is 4. The van der Waals surface area contributed by atoms with Crippen molar-refractivity contribution in [3.8, 4) is 44.5 Å². The second-order valence-corrected chi connectivity index (χ2v) is 9.95. The smallest absolute Gasteiger partial charge is 0.137 e. The first-order valence-corrected chi connectivity index (χ1v) is 13.5. The number of hydrogen-bond donors (Lipinski definition) is 4. The van der Waals surface area contributed by atoms with E-state index in [9.17, 15) is 13.2 Å². The van der Waals surface area contributed by atoms with Gasteiger partial charge < -0.3 is 19.9 Å². The highest BCUT2D eigenvalue weighted by atomic mass is 19.1. The molecule has 43 heavy (non-hydrogen) atoms. The number of halogens is 3. The quantitative estimate of drug-likeness (QED) is 0.170. The average molecular weight is 573 g/mol. The van der Waals surface area contributed by atoms with E-state index in [1.807, 2.05) is 67.5 Å². The van der Waals surface area contributed by atoms with Crippen molar-refractivity contribution in [3.05, 3.63) is 134 Å². The van der Waals surface area contributed by atoms with E-state index in [0.717, 1.165) is 56.0 Å². The van der Waals surface area contributed by atoms with Gasteiger partial charge >= 0.3 is 0 Å². The number of nitrogens with zero attached hydrogens (tertiary/aromatic N) is 2. The van der Waals surface area contributed by atoms with Crippen LogP contribution in [-0.4, -0.2) is 29.9 Å². The Kier molecular flexibility index (Phi) is 6.59. The van der Waals surface area contributed by atoms with Gasteiger partial charge in [0.05, 0.1) is 0 Å². The lowest BCUT2D eigenvalue weighted by molar-refractivity contribution is 0.585. The molecule has 0 aliphatic heterocycles. The fourth-order valence-corrected chi connectivity index (χ4v) is 5.18. The second-order valence-electron chi connectivity index (χ2n) is 9.95. The fourth-order valence-electron chi connectivity index (χ4n) is 5.18. The van der Waals surface area contributed by atoms with Crippen LogP contribution in [0.2, 0.25) is 0 Å². The van der Waals surface area contributed by atoms with Gasteiger partial charge in [0.25, 0.3) is 0 Å². The topological polar surface area (TPSA) is 88.9 Å². The molecule has 6 aromatic heterocycles. The van der Waals surface area contributed by atoms with E-state index in [1.165, 1.54) is 18.2 Å². The number of hydrogen-bond acceptors (Lipinski definition) is 2. The largest absolute Gasteiger partial charge is 0.367 e. The van der Waals surface area contributed by atoms with Crippen LogP contribution in [0.1, 0.15) is 0 Å². The molecule has 0 fully saturated rings. The molecule has 4 N–H and O–H groups in total. The molecule has 0 amide bonds. The monoisotopic (exact) mass is 572 g/mol. The highest BCUT2D eigenvalue weighted by Gasteiger charge is 2.13. The summed E-state index contributed by atoms with van der Waals surface area (Å²) in [5.74, 6) is -1.43. The van der Waals surface area contributed by atoms with Gasteiger partial charge in [-0.05, 0) is 42.5 Å². The predicted molar refractivity (Wildman–Crippen MR) is 163 cm³/mol. The van der Waals surface area contributed by atoms with Crippen LogP contribution in [0.4, 0.5) is 13.2 Å². The van der Waals surface area contributed by atoms with Gasteiger partial charge in [-0.15, -0.1) is 0 Å². The molecular weight excluding hydrogens is 549 g/mol. The minimum Gasteiger partial charge on any atom is -0.367 e. The minimum atomic E-state index is -0.597. The highest BCUT2D eigenvalue weighted by Crippen LogP contribution is 2.33. The third-order valence-electron chi connectivity index (χ3n) is 7.31. The second kappa shape index (κ2) is 10.9. The lowest BCUT2D eigenvalue weighted by atomic mass is 10.0. The number of H-pyrrole nitrogens is 4. The summed E-state index contributed by atoms with van der Waals surface area (Å²) in [5, 5.41) is 1.87. The third kappa shape index (κ3) is 4.97. The summed E-state index contributed by atoms with van der Waals surface area (Å²) in [6.45, 7) is 0. The lowest BCUT2D eigenvalue weighted by Gasteiger charge is -2.04. The lowest BCUT2D eigenvalue weighted by Crippen LogP contribution is -1.88. The maximum Gasteiger partial charge on any atom is 0.137 e. The molecule has 6 nitrogen and oxygen atoms in total. The van der Waals surface area contributed by atoms with Crippen LogP contribution in [0.15, 0.2) is 116 Å². The van der Waals surface area contributed by atoms with Gasteiger partial charge in [-0.3, -0.25) is 0 Å². The van der Waals surface area contributed by atoms with Crippen LogP contribution in [0, 0.1) is 17.5 Å². The average Bonchev–Trinajstić information content (AvgIpc) is 3.83. The summed E-state index contributed by atoms with van der Waals surface area (Å²) >= 11 is 0. The molecule has 210 valence electrons. The van der Waals surface area contributed by atoms with Crippen molar-refractivity contribution >= 4 is 22.1 Å². The van der Waals surface area contributed by atoms with Gasteiger partial charge in [0.1, 0.15) is 28.7 Å². The molecule has 0 saturated carbocycles. The molecular formula is C34H23F3N6. The van der Waals surface area contributed by atoms with E-state index < -0.39 is 11.6 Å². The Labute approximate surface area is 243 Å². The van der Waals surface area contributed by atoms with Crippen molar-refractivity contribution in [3.63, 3.8) is 0 Å². The molecule has 8 rings (SSSR count). The molecule has 0 atom stereocenters. The van der Waals surface area contributed by atoms with Gasteiger partial charge in [-0.25, -0.2) is 23.1 Å². The van der Waals surface area contributed by atoms with Crippen LogP contribution in [0.5, 0.6) is 0 Å². The van der Waals surface area contributed by atoms with Gasteiger partial charge in [-0.2, -0.15) is 0 Å². The zero-order chi connectivity index (χ0) is 29.3. The molecule has 0 bridgehead atoms. The maximum absolute atomic E-state index is 14.0. The van der Waals surface area contributed by atoms with Crippen molar-refractivity contribution in [1.29, 1.82) is 0 Å². The normalized spacial score (nSPS) is 11.1. The first-order chi connectivity index (χ1) is 21.0. The zero-order valence-corrected chi connectivity index (χ0v) is 22.5. The van der Waals surface area contributed by atoms with Crippen LogP contribution >= 0.6 is 0 Å². The molecule has 0 saturated heterocycles. The van der Waals surface area contributed by atoms with E-state index in [0.29, 0.717) is 16.7 Å². The number of aromatic nitrogens is 6. The molecule has 0 spiro atoms. The van der Waals surface area contributed by atoms with E-state index in [1.54, 1.807) is 24.5 Å². The summed E-state index contributed by atoms with van der Waals surface area (Å²) in [6.07, 6.45) is 14.6. The number of nitrogens with one attached hydrogen (secondary N) is 4. The Morgan fingerprint density at radius 2 is 1.05 bits per heavy atom. The molecule has 0 aliphatic rings. The van der Waals surface area contributed by atoms with Crippen molar-refractivity contribution in [1.82, 2.24) is 29.9 Å². The van der Waals surface area contributed by atoms with Crippen LogP contribution < -0.4 is 0 Å². The van der Waals surface area contributed by atoms with Crippen molar-refractivity contribution in [2.24, 2.45) is 0 Å². The Morgan fingerprint density at radius 1 is 0.488 bits per heavy atom. The summed E-state index contributed by atoms with van der Waals surface area (Å²) in [6, 6.07) is 18.1. The summed E-state index contributed by atoms with van der Waals surface area (Å²) in [4.78, 5) is 21.0.